The number of rotatable bonds is 5. The molecule has 120 valence electrons. The molecule has 0 aromatic heterocycles. The third-order valence-corrected chi connectivity index (χ3v) is 4.01. The molecule has 23 heavy (non-hydrogen) atoms. The summed E-state index contributed by atoms with van der Waals surface area (Å²) in [6.45, 7) is 1.85. The van der Waals surface area contributed by atoms with E-state index in [9.17, 15) is 9.59 Å². The molecule has 0 saturated carbocycles. The summed E-state index contributed by atoms with van der Waals surface area (Å²) in [4.78, 5) is 23.2. The second-order valence-electron chi connectivity index (χ2n) is 4.98. The molecule has 0 aliphatic carbocycles. The van der Waals surface area contributed by atoms with E-state index in [1.165, 1.54) is 6.92 Å². The van der Waals surface area contributed by atoms with Gasteiger partial charge in [-0.2, -0.15) is 0 Å². The number of anilines is 1. The van der Waals surface area contributed by atoms with Gasteiger partial charge in [0.2, 0.25) is 5.91 Å². The molecular weight excluding hydrogens is 335 g/mol. The smallest absolute Gasteiger partial charge is 0.251 e. The van der Waals surface area contributed by atoms with Crippen LogP contribution >= 0.6 is 23.2 Å². The number of amides is 2. The van der Waals surface area contributed by atoms with E-state index in [0.29, 0.717) is 34.3 Å². The van der Waals surface area contributed by atoms with Crippen LogP contribution in [0.15, 0.2) is 42.5 Å². The number of carbonyl (C=O) groups excluding carboxylic acids is 2. The highest BCUT2D eigenvalue weighted by Crippen LogP contribution is 2.25. The Morgan fingerprint density at radius 1 is 1.09 bits per heavy atom. The maximum absolute atomic E-state index is 12.1. The summed E-state index contributed by atoms with van der Waals surface area (Å²) in [5.41, 5.74) is 1.95. The van der Waals surface area contributed by atoms with Crippen molar-refractivity contribution in [1.29, 1.82) is 0 Å². The Balaban J connectivity index is 1.94. The fourth-order valence-corrected chi connectivity index (χ4v) is 2.51. The SMILES string of the molecule is CC(=O)Nc1cccc(C(=O)NCCc2cccc(Cl)c2Cl)c1. The molecule has 2 aromatic carbocycles. The largest absolute Gasteiger partial charge is 0.352 e. The van der Waals surface area contributed by atoms with E-state index in [2.05, 4.69) is 10.6 Å². The monoisotopic (exact) mass is 350 g/mol. The van der Waals surface area contributed by atoms with E-state index >= 15 is 0 Å². The van der Waals surface area contributed by atoms with Gasteiger partial charge in [0, 0.05) is 24.7 Å². The van der Waals surface area contributed by atoms with Gasteiger partial charge in [0.05, 0.1) is 10.0 Å². The molecule has 0 aliphatic heterocycles. The van der Waals surface area contributed by atoms with Crippen LogP contribution in [0.25, 0.3) is 0 Å². The van der Waals surface area contributed by atoms with Gasteiger partial charge in [0.25, 0.3) is 5.91 Å². The van der Waals surface area contributed by atoms with Gasteiger partial charge in [-0.3, -0.25) is 9.59 Å². The van der Waals surface area contributed by atoms with E-state index in [1.54, 1.807) is 30.3 Å². The first-order chi connectivity index (χ1) is 11.0. The molecule has 0 radical (unpaired) electrons. The van der Waals surface area contributed by atoms with Crippen molar-refractivity contribution < 1.29 is 9.59 Å². The van der Waals surface area contributed by atoms with Crippen LogP contribution in [0.5, 0.6) is 0 Å². The minimum atomic E-state index is -0.213. The zero-order chi connectivity index (χ0) is 16.8. The Hall–Kier alpha value is -2.04. The van der Waals surface area contributed by atoms with Crippen molar-refractivity contribution in [2.45, 2.75) is 13.3 Å². The number of benzene rings is 2. The van der Waals surface area contributed by atoms with Crippen LogP contribution in [-0.2, 0) is 11.2 Å². The lowest BCUT2D eigenvalue weighted by Gasteiger charge is -2.09. The molecule has 0 unspecified atom stereocenters. The molecule has 0 spiro atoms. The summed E-state index contributed by atoms with van der Waals surface area (Å²) in [5.74, 6) is -0.395. The maximum atomic E-state index is 12.1. The molecule has 4 nitrogen and oxygen atoms in total. The van der Waals surface area contributed by atoms with Gasteiger partial charge in [-0.15, -0.1) is 0 Å². The van der Waals surface area contributed by atoms with E-state index in [-0.39, 0.29) is 11.8 Å². The fourth-order valence-electron chi connectivity index (χ4n) is 2.10. The van der Waals surface area contributed by atoms with Crippen LogP contribution in [0.4, 0.5) is 5.69 Å². The highest BCUT2D eigenvalue weighted by atomic mass is 35.5. The first-order valence-electron chi connectivity index (χ1n) is 7.06. The Labute approximate surface area is 144 Å². The summed E-state index contributed by atoms with van der Waals surface area (Å²) in [7, 11) is 0. The zero-order valence-electron chi connectivity index (χ0n) is 12.5. The zero-order valence-corrected chi connectivity index (χ0v) is 14.0. The Bertz CT molecular complexity index is 732. The van der Waals surface area contributed by atoms with E-state index in [4.69, 9.17) is 23.2 Å². The Morgan fingerprint density at radius 2 is 1.83 bits per heavy atom. The number of halogens is 2. The minimum Gasteiger partial charge on any atom is -0.352 e. The molecule has 2 N–H and O–H groups in total. The standard InChI is InChI=1S/C17H16Cl2N2O2/c1-11(22)21-14-6-2-5-13(10-14)17(23)20-9-8-12-4-3-7-15(18)16(12)19/h2-7,10H,8-9H2,1H3,(H,20,23)(H,21,22). The normalized spacial score (nSPS) is 10.2. The summed E-state index contributed by atoms with van der Waals surface area (Å²) in [6.07, 6.45) is 0.580. The van der Waals surface area contributed by atoms with Crippen LogP contribution in [0.2, 0.25) is 10.0 Å². The van der Waals surface area contributed by atoms with Crippen LogP contribution < -0.4 is 10.6 Å². The average Bonchev–Trinajstić information content (AvgIpc) is 2.51. The molecule has 6 heteroatoms. The summed E-state index contributed by atoms with van der Waals surface area (Å²) in [5, 5.41) is 6.47. The second-order valence-corrected chi connectivity index (χ2v) is 5.77. The highest BCUT2D eigenvalue weighted by Gasteiger charge is 2.08. The summed E-state index contributed by atoms with van der Waals surface area (Å²) >= 11 is 12.1. The molecule has 0 aliphatic rings. The van der Waals surface area contributed by atoms with Crippen molar-refractivity contribution in [3.05, 3.63) is 63.6 Å². The van der Waals surface area contributed by atoms with Crippen molar-refractivity contribution in [3.8, 4) is 0 Å². The second kappa shape index (κ2) is 7.99. The molecule has 2 aromatic rings. The molecule has 0 atom stereocenters. The molecule has 0 bridgehead atoms. The molecule has 0 heterocycles. The number of carbonyl (C=O) groups is 2. The van der Waals surface area contributed by atoms with Crippen molar-refractivity contribution >= 4 is 40.7 Å². The van der Waals surface area contributed by atoms with Crippen molar-refractivity contribution in [1.82, 2.24) is 5.32 Å². The predicted octanol–water partition coefficient (Wildman–Crippen LogP) is 3.92. The first kappa shape index (κ1) is 17.3. The van der Waals surface area contributed by atoms with E-state index in [1.807, 2.05) is 12.1 Å². The van der Waals surface area contributed by atoms with Gasteiger partial charge < -0.3 is 10.6 Å². The van der Waals surface area contributed by atoms with Gasteiger partial charge >= 0.3 is 0 Å². The van der Waals surface area contributed by atoms with Gasteiger partial charge in [-0.05, 0) is 36.2 Å². The average molecular weight is 351 g/mol. The lowest BCUT2D eigenvalue weighted by atomic mass is 10.1. The van der Waals surface area contributed by atoms with E-state index in [0.717, 1.165) is 5.56 Å². The van der Waals surface area contributed by atoms with Gasteiger partial charge in [0.15, 0.2) is 0 Å². The number of hydrogen-bond acceptors (Lipinski definition) is 2. The van der Waals surface area contributed by atoms with Crippen molar-refractivity contribution in [3.63, 3.8) is 0 Å². The molecule has 0 fully saturated rings. The maximum Gasteiger partial charge on any atom is 0.251 e. The third kappa shape index (κ3) is 4.98. The number of nitrogens with one attached hydrogen (secondary N) is 2. The van der Waals surface area contributed by atoms with Crippen LogP contribution in [0.1, 0.15) is 22.8 Å². The lowest BCUT2D eigenvalue weighted by molar-refractivity contribution is -0.114. The van der Waals surface area contributed by atoms with Crippen LogP contribution in [0.3, 0.4) is 0 Å². The molecule has 2 amide bonds. The third-order valence-electron chi connectivity index (χ3n) is 3.16. The van der Waals surface area contributed by atoms with Gasteiger partial charge in [0.1, 0.15) is 0 Å². The Morgan fingerprint density at radius 3 is 2.57 bits per heavy atom. The Kier molecular flexibility index (Phi) is 6.02. The predicted molar refractivity (Wildman–Crippen MR) is 93.2 cm³/mol. The molecule has 2 rings (SSSR count). The highest BCUT2D eigenvalue weighted by molar-refractivity contribution is 6.42. The fraction of sp³-hybridized carbons (Fsp3) is 0.176. The number of hydrogen-bond donors (Lipinski definition) is 2. The summed E-state index contributed by atoms with van der Waals surface area (Å²) < 4.78 is 0. The van der Waals surface area contributed by atoms with Gasteiger partial charge in [-0.1, -0.05) is 41.4 Å². The minimum absolute atomic E-state index is 0.182. The van der Waals surface area contributed by atoms with Crippen molar-refractivity contribution in [2.75, 3.05) is 11.9 Å². The quantitative estimate of drug-likeness (QED) is 0.858. The molecular formula is C17H16Cl2N2O2. The van der Waals surface area contributed by atoms with E-state index < -0.39 is 0 Å². The van der Waals surface area contributed by atoms with Crippen molar-refractivity contribution in [2.24, 2.45) is 0 Å². The lowest BCUT2D eigenvalue weighted by Crippen LogP contribution is -2.25. The van der Waals surface area contributed by atoms with Gasteiger partial charge in [-0.25, -0.2) is 0 Å². The summed E-state index contributed by atoms with van der Waals surface area (Å²) in [6, 6.07) is 12.2. The van der Waals surface area contributed by atoms with Crippen LogP contribution in [0, 0.1) is 0 Å². The topological polar surface area (TPSA) is 58.2 Å². The first-order valence-corrected chi connectivity index (χ1v) is 7.81. The van der Waals surface area contributed by atoms with Crippen LogP contribution in [-0.4, -0.2) is 18.4 Å². The molecule has 0 saturated heterocycles.